The highest BCUT2D eigenvalue weighted by Gasteiger charge is 2.20. The highest BCUT2D eigenvalue weighted by atomic mass is 32.2. The zero-order valence-electron chi connectivity index (χ0n) is 10.0. The number of benzene rings is 1. The highest BCUT2D eigenvalue weighted by molar-refractivity contribution is 8.26. The SMILES string of the molecule is COc1cc(C=CC=C2SC(=S)NC2=O)ccc1O. The van der Waals surface area contributed by atoms with E-state index >= 15 is 0 Å². The Morgan fingerprint density at radius 3 is 2.89 bits per heavy atom. The maximum absolute atomic E-state index is 11.4. The van der Waals surface area contributed by atoms with Crippen molar-refractivity contribution in [1.82, 2.24) is 5.32 Å². The Bertz CT molecular complexity index is 594. The Balaban J connectivity index is 2.13. The van der Waals surface area contributed by atoms with Crippen LogP contribution in [0.5, 0.6) is 11.5 Å². The number of carbonyl (C=O) groups excluding carboxylic acids is 1. The van der Waals surface area contributed by atoms with Gasteiger partial charge in [-0.1, -0.05) is 42.2 Å². The van der Waals surface area contributed by atoms with Gasteiger partial charge in [-0.05, 0) is 23.8 Å². The second kappa shape index (κ2) is 5.90. The minimum atomic E-state index is -0.178. The van der Waals surface area contributed by atoms with Crippen molar-refractivity contribution in [2.24, 2.45) is 0 Å². The zero-order valence-corrected chi connectivity index (χ0v) is 11.7. The number of amides is 1. The van der Waals surface area contributed by atoms with Crippen molar-refractivity contribution >= 4 is 40.3 Å². The molecule has 1 aliphatic heterocycles. The molecule has 0 bridgehead atoms. The first-order valence-electron chi connectivity index (χ1n) is 5.38. The number of carbonyl (C=O) groups is 1. The number of thiocarbonyl (C=S) groups is 1. The molecule has 0 spiro atoms. The largest absolute Gasteiger partial charge is 0.504 e. The molecule has 1 heterocycles. The first-order chi connectivity index (χ1) is 9.10. The summed E-state index contributed by atoms with van der Waals surface area (Å²) in [6.07, 6.45) is 5.25. The summed E-state index contributed by atoms with van der Waals surface area (Å²) in [5, 5.41) is 12.0. The van der Waals surface area contributed by atoms with Crippen LogP contribution < -0.4 is 10.1 Å². The topological polar surface area (TPSA) is 58.6 Å². The van der Waals surface area contributed by atoms with Gasteiger partial charge in [0.2, 0.25) is 0 Å². The number of phenolic OH excluding ortho intramolecular Hbond substituents is 1. The number of hydrogen-bond donors (Lipinski definition) is 2. The van der Waals surface area contributed by atoms with E-state index in [2.05, 4.69) is 5.32 Å². The fraction of sp³-hybridized carbons (Fsp3) is 0.0769. The summed E-state index contributed by atoms with van der Waals surface area (Å²) in [5.74, 6) is 0.320. The van der Waals surface area contributed by atoms with E-state index in [0.29, 0.717) is 15.0 Å². The number of hydrogen-bond acceptors (Lipinski definition) is 5. The van der Waals surface area contributed by atoms with Gasteiger partial charge in [-0.2, -0.15) is 0 Å². The summed E-state index contributed by atoms with van der Waals surface area (Å²) >= 11 is 6.12. The molecule has 0 aliphatic carbocycles. The Kier molecular flexibility index (Phi) is 4.24. The van der Waals surface area contributed by atoms with E-state index in [1.807, 2.05) is 6.08 Å². The van der Waals surface area contributed by atoms with Crippen molar-refractivity contribution in [3.63, 3.8) is 0 Å². The van der Waals surface area contributed by atoms with E-state index in [4.69, 9.17) is 17.0 Å². The van der Waals surface area contributed by atoms with E-state index in [9.17, 15) is 9.90 Å². The lowest BCUT2D eigenvalue weighted by Crippen LogP contribution is -2.17. The first kappa shape index (κ1) is 13.6. The normalized spacial score (nSPS) is 17.2. The Morgan fingerprint density at radius 1 is 1.47 bits per heavy atom. The highest BCUT2D eigenvalue weighted by Crippen LogP contribution is 2.27. The number of phenols is 1. The van der Waals surface area contributed by atoms with Crippen molar-refractivity contribution in [2.75, 3.05) is 7.11 Å². The van der Waals surface area contributed by atoms with Crippen LogP contribution in [0.4, 0.5) is 0 Å². The van der Waals surface area contributed by atoms with E-state index in [1.54, 1.807) is 30.4 Å². The molecule has 0 radical (unpaired) electrons. The van der Waals surface area contributed by atoms with Gasteiger partial charge < -0.3 is 15.2 Å². The number of rotatable bonds is 3. The van der Waals surface area contributed by atoms with Crippen molar-refractivity contribution < 1.29 is 14.6 Å². The van der Waals surface area contributed by atoms with Crippen LogP contribution in [0.2, 0.25) is 0 Å². The summed E-state index contributed by atoms with van der Waals surface area (Å²) in [5.41, 5.74) is 0.859. The number of allylic oxidation sites excluding steroid dienone is 2. The van der Waals surface area contributed by atoms with Crippen LogP contribution in [-0.4, -0.2) is 22.4 Å². The van der Waals surface area contributed by atoms with E-state index in [-0.39, 0.29) is 11.7 Å². The second-order valence-corrected chi connectivity index (χ2v) is 5.38. The van der Waals surface area contributed by atoms with E-state index in [1.165, 1.54) is 18.9 Å². The molecule has 6 heteroatoms. The number of ether oxygens (including phenoxy) is 1. The van der Waals surface area contributed by atoms with Crippen LogP contribution in [0.3, 0.4) is 0 Å². The molecule has 98 valence electrons. The molecule has 1 aromatic rings. The molecule has 2 N–H and O–H groups in total. The molecule has 1 amide bonds. The summed E-state index contributed by atoms with van der Waals surface area (Å²) in [6, 6.07) is 5.01. The number of methoxy groups -OCH3 is 1. The fourth-order valence-electron chi connectivity index (χ4n) is 1.48. The number of thioether (sulfide) groups is 1. The molecule has 1 aliphatic rings. The molecular weight excluding hydrogens is 282 g/mol. The van der Waals surface area contributed by atoms with Crippen LogP contribution in [0, 0.1) is 0 Å². The van der Waals surface area contributed by atoms with Crippen molar-refractivity contribution in [2.45, 2.75) is 0 Å². The number of aromatic hydroxyl groups is 1. The lowest BCUT2D eigenvalue weighted by molar-refractivity contribution is -0.115. The third-order valence-corrected chi connectivity index (χ3v) is 3.56. The van der Waals surface area contributed by atoms with Crippen LogP contribution in [0.25, 0.3) is 6.08 Å². The van der Waals surface area contributed by atoms with Gasteiger partial charge in [-0.15, -0.1) is 0 Å². The molecule has 1 aromatic carbocycles. The molecule has 0 unspecified atom stereocenters. The van der Waals surface area contributed by atoms with Crippen LogP contribution in [-0.2, 0) is 4.79 Å². The van der Waals surface area contributed by atoms with Gasteiger partial charge in [-0.3, -0.25) is 4.79 Å². The van der Waals surface area contributed by atoms with Crippen LogP contribution >= 0.6 is 24.0 Å². The minimum Gasteiger partial charge on any atom is -0.504 e. The van der Waals surface area contributed by atoms with Gasteiger partial charge >= 0.3 is 0 Å². The lowest BCUT2D eigenvalue weighted by Gasteiger charge is -2.03. The van der Waals surface area contributed by atoms with E-state index in [0.717, 1.165) is 5.56 Å². The molecule has 1 saturated heterocycles. The quantitative estimate of drug-likeness (QED) is 0.662. The first-order valence-corrected chi connectivity index (χ1v) is 6.61. The molecular formula is C13H11NO3S2. The molecule has 0 atom stereocenters. The maximum atomic E-state index is 11.4. The minimum absolute atomic E-state index is 0.0917. The standard InChI is InChI=1S/C13H11NO3S2/c1-17-10-7-8(5-6-9(10)15)3-2-4-11-12(16)14-13(18)19-11/h2-7,15H,1H3,(H,14,16,18). The van der Waals surface area contributed by atoms with Gasteiger partial charge in [0.15, 0.2) is 11.5 Å². The zero-order chi connectivity index (χ0) is 13.8. The molecule has 19 heavy (non-hydrogen) atoms. The Hall–Kier alpha value is -1.79. The van der Waals surface area contributed by atoms with Gasteiger partial charge in [0.25, 0.3) is 5.91 Å². The monoisotopic (exact) mass is 293 g/mol. The Labute approximate surface area is 120 Å². The van der Waals surface area contributed by atoms with Gasteiger partial charge in [0, 0.05) is 0 Å². The summed E-state index contributed by atoms with van der Waals surface area (Å²) in [6.45, 7) is 0. The summed E-state index contributed by atoms with van der Waals surface area (Å²) < 4.78 is 5.48. The molecule has 1 fully saturated rings. The summed E-state index contributed by atoms with van der Waals surface area (Å²) in [7, 11) is 1.49. The fourth-order valence-corrected chi connectivity index (χ4v) is 2.48. The third kappa shape index (κ3) is 3.36. The van der Waals surface area contributed by atoms with Crippen LogP contribution in [0.15, 0.2) is 35.3 Å². The molecule has 2 rings (SSSR count). The Morgan fingerprint density at radius 2 is 2.26 bits per heavy atom. The van der Waals surface area contributed by atoms with Gasteiger partial charge in [-0.25, -0.2) is 0 Å². The van der Waals surface area contributed by atoms with Crippen molar-refractivity contribution in [1.29, 1.82) is 0 Å². The average Bonchev–Trinajstić information content (AvgIpc) is 2.70. The average molecular weight is 293 g/mol. The van der Waals surface area contributed by atoms with Gasteiger partial charge in [0.05, 0.1) is 12.0 Å². The summed E-state index contributed by atoms with van der Waals surface area (Å²) in [4.78, 5) is 12.0. The molecule has 0 saturated carbocycles. The van der Waals surface area contributed by atoms with Gasteiger partial charge in [0.1, 0.15) is 4.32 Å². The smallest absolute Gasteiger partial charge is 0.263 e. The molecule has 0 aromatic heterocycles. The number of nitrogens with one attached hydrogen (secondary N) is 1. The predicted molar refractivity (Wildman–Crippen MR) is 80.1 cm³/mol. The van der Waals surface area contributed by atoms with Crippen molar-refractivity contribution in [3.05, 3.63) is 40.8 Å². The predicted octanol–water partition coefficient (Wildman–Crippen LogP) is 2.45. The second-order valence-electron chi connectivity index (χ2n) is 3.66. The van der Waals surface area contributed by atoms with Crippen LogP contribution in [0.1, 0.15) is 5.56 Å². The van der Waals surface area contributed by atoms with E-state index < -0.39 is 0 Å². The molecule has 4 nitrogen and oxygen atoms in total. The maximum Gasteiger partial charge on any atom is 0.263 e. The van der Waals surface area contributed by atoms with Crippen molar-refractivity contribution in [3.8, 4) is 11.5 Å². The third-order valence-electron chi connectivity index (χ3n) is 2.38. The lowest BCUT2D eigenvalue weighted by atomic mass is 10.2.